The van der Waals surface area contributed by atoms with Crippen LogP contribution in [-0.2, 0) is 20.4 Å². The molecular weight excluding hydrogens is 406 g/mol. The van der Waals surface area contributed by atoms with Crippen LogP contribution in [0.3, 0.4) is 0 Å². The van der Waals surface area contributed by atoms with E-state index in [1.807, 2.05) is 32.9 Å². The van der Waals surface area contributed by atoms with Crippen molar-refractivity contribution < 1.29 is 19.8 Å². The van der Waals surface area contributed by atoms with Crippen LogP contribution < -0.4 is 0 Å². The van der Waals surface area contributed by atoms with E-state index in [-0.39, 0.29) is 35.5 Å². The molecular formula is C22H29NO4S2. The maximum absolute atomic E-state index is 12.8. The van der Waals surface area contributed by atoms with E-state index in [9.17, 15) is 14.7 Å². The average molecular weight is 436 g/mol. The van der Waals surface area contributed by atoms with Gasteiger partial charge in [0.15, 0.2) is 0 Å². The van der Waals surface area contributed by atoms with Gasteiger partial charge in [0.1, 0.15) is 10.1 Å². The number of carboxylic acids is 1. The number of thiocarbonyl (C=S) groups is 1. The van der Waals surface area contributed by atoms with Gasteiger partial charge in [-0.1, -0.05) is 71.6 Å². The molecule has 1 aliphatic rings. The molecule has 2 rings (SSSR count). The number of carbonyl (C=O) groups is 2. The van der Waals surface area contributed by atoms with Crippen molar-refractivity contribution in [3.63, 3.8) is 0 Å². The number of hydrogen-bond donors (Lipinski definition) is 2. The first kappa shape index (κ1) is 23.4. The number of carbonyl (C=O) groups excluding carboxylic acids is 1. The van der Waals surface area contributed by atoms with Crippen molar-refractivity contribution >= 4 is 46.3 Å². The Balaban J connectivity index is 2.44. The number of aliphatic carboxylic acids is 1. The van der Waals surface area contributed by atoms with Crippen molar-refractivity contribution in [1.29, 1.82) is 0 Å². The fraction of sp³-hybridized carbons (Fsp3) is 0.500. The van der Waals surface area contributed by atoms with Crippen LogP contribution >= 0.6 is 24.0 Å². The molecule has 0 aliphatic carbocycles. The van der Waals surface area contributed by atoms with Crippen LogP contribution in [0.2, 0.25) is 0 Å². The lowest BCUT2D eigenvalue weighted by molar-refractivity contribution is -0.137. The van der Waals surface area contributed by atoms with Crippen molar-refractivity contribution in [3.05, 3.63) is 33.7 Å². The second-order valence-corrected chi connectivity index (χ2v) is 11.0. The Morgan fingerprint density at radius 1 is 1.17 bits per heavy atom. The van der Waals surface area contributed by atoms with Crippen LogP contribution in [-0.4, -0.2) is 37.9 Å². The highest BCUT2D eigenvalue weighted by molar-refractivity contribution is 8.26. The highest BCUT2D eigenvalue weighted by Gasteiger charge is 2.32. The minimum Gasteiger partial charge on any atom is -0.507 e. The predicted molar refractivity (Wildman–Crippen MR) is 122 cm³/mol. The van der Waals surface area contributed by atoms with E-state index in [0.29, 0.717) is 21.2 Å². The summed E-state index contributed by atoms with van der Waals surface area (Å²) in [7, 11) is 0. The monoisotopic (exact) mass is 435 g/mol. The molecule has 158 valence electrons. The van der Waals surface area contributed by atoms with E-state index in [1.54, 1.807) is 6.08 Å². The maximum Gasteiger partial charge on any atom is 0.303 e. The van der Waals surface area contributed by atoms with E-state index >= 15 is 0 Å². The molecule has 0 aromatic heterocycles. The van der Waals surface area contributed by atoms with Gasteiger partial charge < -0.3 is 10.2 Å². The van der Waals surface area contributed by atoms with Gasteiger partial charge in [-0.15, -0.1) is 0 Å². The van der Waals surface area contributed by atoms with Crippen molar-refractivity contribution in [2.45, 2.75) is 65.2 Å². The first-order valence-corrected chi connectivity index (χ1v) is 10.8. The van der Waals surface area contributed by atoms with Gasteiger partial charge in [-0.2, -0.15) is 0 Å². The summed E-state index contributed by atoms with van der Waals surface area (Å²) in [5.41, 5.74) is 2.11. The molecule has 0 atom stereocenters. The first-order chi connectivity index (χ1) is 13.2. The smallest absolute Gasteiger partial charge is 0.303 e. The largest absolute Gasteiger partial charge is 0.507 e. The predicted octanol–water partition coefficient (Wildman–Crippen LogP) is 5.05. The Morgan fingerprint density at radius 2 is 1.79 bits per heavy atom. The molecule has 2 N–H and O–H groups in total. The molecule has 7 heteroatoms. The standard InChI is InChI=1S/C22H29NO4S2/c1-21(2,3)14-10-13(18(26)15(12-14)22(4,5)6)11-16-19(27)23(20(28)29-16)9-7-8-17(24)25/h10-12,26H,7-9H2,1-6H3,(H,24,25). The van der Waals surface area contributed by atoms with Crippen LogP contribution in [0.1, 0.15) is 71.1 Å². The molecule has 1 aromatic carbocycles. The summed E-state index contributed by atoms with van der Waals surface area (Å²) in [4.78, 5) is 25.4. The minimum absolute atomic E-state index is 0.0144. The quantitative estimate of drug-likeness (QED) is 0.498. The number of benzene rings is 1. The van der Waals surface area contributed by atoms with Gasteiger partial charge in [-0.3, -0.25) is 14.5 Å². The van der Waals surface area contributed by atoms with Crippen LogP contribution in [0.4, 0.5) is 0 Å². The van der Waals surface area contributed by atoms with E-state index < -0.39 is 5.97 Å². The molecule has 1 amide bonds. The van der Waals surface area contributed by atoms with Gasteiger partial charge in [0.2, 0.25) is 0 Å². The van der Waals surface area contributed by atoms with Crippen molar-refractivity contribution in [2.24, 2.45) is 0 Å². The first-order valence-electron chi connectivity index (χ1n) is 9.57. The number of hydrogen-bond acceptors (Lipinski definition) is 5. The highest BCUT2D eigenvalue weighted by Crippen LogP contribution is 2.40. The third kappa shape index (κ3) is 5.60. The van der Waals surface area contributed by atoms with Crippen molar-refractivity contribution in [3.8, 4) is 5.75 Å². The molecule has 0 bridgehead atoms. The Hall–Kier alpha value is -1.86. The molecule has 0 spiro atoms. The summed E-state index contributed by atoms with van der Waals surface area (Å²) in [6.07, 6.45) is 2.02. The molecule has 5 nitrogen and oxygen atoms in total. The lowest BCUT2D eigenvalue weighted by atomic mass is 9.79. The van der Waals surface area contributed by atoms with Gasteiger partial charge in [0.25, 0.3) is 5.91 Å². The van der Waals surface area contributed by atoms with Gasteiger partial charge in [0.05, 0.1) is 4.91 Å². The zero-order valence-corrected chi connectivity index (χ0v) is 19.5. The number of rotatable bonds is 5. The van der Waals surface area contributed by atoms with Gasteiger partial charge in [0, 0.05) is 24.1 Å². The molecule has 1 aromatic rings. The second kappa shape index (κ2) is 8.48. The number of phenolic OH excluding ortho intramolecular Hbond substituents is 1. The number of thioether (sulfide) groups is 1. The zero-order valence-electron chi connectivity index (χ0n) is 17.8. The number of amides is 1. The Kier molecular flexibility index (Phi) is 6.85. The molecule has 0 saturated carbocycles. The molecule has 0 radical (unpaired) electrons. The summed E-state index contributed by atoms with van der Waals surface area (Å²) in [6, 6.07) is 3.95. The summed E-state index contributed by atoms with van der Waals surface area (Å²) < 4.78 is 0.411. The number of aromatic hydroxyl groups is 1. The van der Waals surface area contributed by atoms with E-state index in [4.69, 9.17) is 17.3 Å². The van der Waals surface area contributed by atoms with E-state index in [2.05, 4.69) is 20.8 Å². The van der Waals surface area contributed by atoms with Crippen molar-refractivity contribution in [1.82, 2.24) is 4.90 Å². The molecule has 0 unspecified atom stereocenters. The van der Waals surface area contributed by atoms with Crippen LogP contribution in [0.15, 0.2) is 17.0 Å². The van der Waals surface area contributed by atoms with Gasteiger partial charge in [-0.25, -0.2) is 0 Å². The average Bonchev–Trinajstić information content (AvgIpc) is 2.81. The van der Waals surface area contributed by atoms with Crippen LogP contribution in [0.5, 0.6) is 5.75 Å². The SMILES string of the molecule is CC(C)(C)c1cc(C=C2SC(=S)N(CCCC(=O)O)C2=O)c(O)c(C(C)(C)C)c1. The Labute approximate surface area is 182 Å². The highest BCUT2D eigenvalue weighted by atomic mass is 32.2. The molecule has 29 heavy (non-hydrogen) atoms. The zero-order chi connectivity index (χ0) is 22.1. The maximum atomic E-state index is 12.8. The Morgan fingerprint density at radius 3 is 2.31 bits per heavy atom. The fourth-order valence-corrected chi connectivity index (χ4v) is 4.29. The lowest BCUT2D eigenvalue weighted by Crippen LogP contribution is -2.29. The third-order valence-electron chi connectivity index (χ3n) is 4.75. The number of nitrogens with zero attached hydrogens (tertiary/aromatic N) is 1. The number of carboxylic acid groups (broad SMARTS) is 1. The molecule has 1 heterocycles. The van der Waals surface area contributed by atoms with Crippen LogP contribution in [0, 0.1) is 0 Å². The minimum atomic E-state index is -0.899. The summed E-state index contributed by atoms with van der Waals surface area (Å²) in [6.45, 7) is 12.7. The molecule has 1 saturated heterocycles. The Bertz CT molecular complexity index is 876. The molecule has 1 fully saturated rings. The summed E-state index contributed by atoms with van der Waals surface area (Å²) >= 11 is 6.49. The van der Waals surface area contributed by atoms with E-state index in [0.717, 1.165) is 11.1 Å². The lowest BCUT2D eigenvalue weighted by Gasteiger charge is -2.27. The van der Waals surface area contributed by atoms with Crippen molar-refractivity contribution in [2.75, 3.05) is 6.54 Å². The summed E-state index contributed by atoms with van der Waals surface area (Å²) in [5, 5.41) is 19.7. The fourth-order valence-electron chi connectivity index (χ4n) is 2.99. The molecule has 1 aliphatic heterocycles. The van der Waals surface area contributed by atoms with Crippen LogP contribution in [0.25, 0.3) is 6.08 Å². The second-order valence-electron chi connectivity index (χ2n) is 9.29. The van der Waals surface area contributed by atoms with Gasteiger partial charge in [-0.05, 0) is 35.0 Å². The van der Waals surface area contributed by atoms with E-state index in [1.165, 1.54) is 16.7 Å². The normalized spacial score (nSPS) is 16.8. The third-order valence-corrected chi connectivity index (χ3v) is 6.12. The van der Waals surface area contributed by atoms with Gasteiger partial charge >= 0.3 is 5.97 Å². The topological polar surface area (TPSA) is 77.8 Å². The summed E-state index contributed by atoms with van der Waals surface area (Å²) in [5.74, 6) is -0.977. The number of phenols is 1.